The fourth-order valence-corrected chi connectivity index (χ4v) is 2.25. The maximum absolute atomic E-state index is 13.4. The third-order valence-electron chi connectivity index (χ3n) is 3.19. The average Bonchev–Trinajstić information content (AvgIpc) is 2.90. The van der Waals surface area contributed by atoms with Crippen molar-refractivity contribution in [2.24, 2.45) is 0 Å². The lowest BCUT2D eigenvalue weighted by atomic mass is 10.0. The Morgan fingerprint density at radius 1 is 1.14 bits per heavy atom. The SMILES string of the molecule is CCCn1cc(C(NCC)c2cc(F)c(F)c(F)c2)cn1. The van der Waals surface area contributed by atoms with Gasteiger partial charge in [0.1, 0.15) is 0 Å². The predicted molar refractivity (Wildman–Crippen MR) is 74.4 cm³/mol. The molecule has 0 amide bonds. The number of aromatic nitrogens is 2. The molecule has 0 fully saturated rings. The third-order valence-corrected chi connectivity index (χ3v) is 3.19. The first kappa shape index (κ1) is 15.6. The van der Waals surface area contributed by atoms with Crippen molar-refractivity contribution in [3.63, 3.8) is 0 Å². The molecule has 2 aromatic rings. The number of nitrogens with zero attached hydrogens (tertiary/aromatic N) is 2. The second-order valence-corrected chi connectivity index (χ2v) is 4.83. The molecular weight excluding hydrogens is 279 g/mol. The van der Waals surface area contributed by atoms with Crippen LogP contribution in [0.5, 0.6) is 0 Å². The second-order valence-electron chi connectivity index (χ2n) is 4.83. The van der Waals surface area contributed by atoms with Gasteiger partial charge in [-0.2, -0.15) is 5.10 Å². The molecule has 1 atom stereocenters. The summed E-state index contributed by atoms with van der Waals surface area (Å²) in [5.74, 6) is -3.82. The van der Waals surface area contributed by atoms with Gasteiger partial charge < -0.3 is 5.32 Å². The topological polar surface area (TPSA) is 29.9 Å². The molecular formula is C15H18F3N3. The highest BCUT2D eigenvalue weighted by Crippen LogP contribution is 2.25. The van der Waals surface area contributed by atoms with Gasteiger partial charge in [0.2, 0.25) is 0 Å². The zero-order chi connectivity index (χ0) is 15.4. The van der Waals surface area contributed by atoms with Gasteiger partial charge in [-0.25, -0.2) is 13.2 Å². The van der Waals surface area contributed by atoms with Crippen LogP contribution < -0.4 is 5.32 Å². The molecule has 0 spiro atoms. The van der Waals surface area contributed by atoms with Crippen LogP contribution in [0.1, 0.15) is 37.4 Å². The van der Waals surface area contributed by atoms with Crippen molar-refractivity contribution >= 4 is 0 Å². The van der Waals surface area contributed by atoms with E-state index < -0.39 is 23.5 Å². The molecule has 21 heavy (non-hydrogen) atoms. The van der Waals surface area contributed by atoms with Crippen LogP contribution in [0.2, 0.25) is 0 Å². The van der Waals surface area contributed by atoms with Gasteiger partial charge in [-0.3, -0.25) is 4.68 Å². The van der Waals surface area contributed by atoms with Crippen molar-refractivity contribution in [1.29, 1.82) is 0 Å². The number of hydrogen-bond donors (Lipinski definition) is 1. The minimum atomic E-state index is -1.45. The molecule has 0 aliphatic rings. The third kappa shape index (κ3) is 3.44. The summed E-state index contributed by atoms with van der Waals surface area (Å²) < 4.78 is 41.7. The first-order valence-electron chi connectivity index (χ1n) is 6.97. The quantitative estimate of drug-likeness (QED) is 0.828. The van der Waals surface area contributed by atoms with Gasteiger partial charge in [0.25, 0.3) is 0 Å². The van der Waals surface area contributed by atoms with Crippen molar-refractivity contribution < 1.29 is 13.2 Å². The van der Waals surface area contributed by atoms with E-state index in [2.05, 4.69) is 10.4 Å². The van der Waals surface area contributed by atoms with E-state index in [-0.39, 0.29) is 0 Å². The Balaban J connectivity index is 2.37. The first-order chi connectivity index (χ1) is 10.1. The van der Waals surface area contributed by atoms with Gasteiger partial charge in [-0.1, -0.05) is 13.8 Å². The van der Waals surface area contributed by atoms with Crippen molar-refractivity contribution in [1.82, 2.24) is 15.1 Å². The van der Waals surface area contributed by atoms with Crippen LogP contribution in [0.3, 0.4) is 0 Å². The monoisotopic (exact) mass is 297 g/mol. The van der Waals surface area contributed by atoms with E-state index in [9.17, 15) is 13.2 Å². The summed E-state index contributed by atoms with van der Waals surface area (Å²) in [5.41, 5.74) is 1.13. The molecule has 0 radical (unpaired) electrons. The molecule has 1 unspecified atom stereocenters. The molecule has 1 aromatic carbocycles. The van der Waals surface area contributed by atoms with Crippen LogP contribution in [-0.4, -0.2) is 16.3 Å². The molecule has 1 N–H and O–H groups in total. The highest BCUT2D eigenvalue weighted by atomic mass is 19.2. The van der Waals surface area contributed by atoms with E-state index in [4.69, 9.17) is 0 Å². The van der Waals surface area contributed by atoms with Crippen molar-refractivity contribution in [3.05, 3.63) is 53.1 Å². The number of nitrogens with one attached hydrogen (secondary N) is 1. The minimum Gasteiger partial charge on any atom is -0.306 e. The molecule has 0 saturated heterocycles. The highest BCUT2D eigenvalue weighted by Gasteiger charge is 2.19. The van der Waals surface area contributed by atoms with Crippen molar-refractivity contribution in [2.45, 2.75) is 32.9 Å². The molecule has 1 heterocycles. The summed E-state index contributed by atoms with van der Waals surface area (Å²) in [6.07, 6.45) is 4.42. The largest absolute Gasteiger partial charge is 0.306 e. The molecule has 0 aliphatic carbocycles. The Morgan fingerprint density at radius 2 is 1.81 bits per heavy atom. The summed E-state index contributed by atoms with van der Waals surface area (Å²) in [5, 5.41) is 7.35. The van der Waals surface area contributed by atoms with Crippen LogP contribution in [0, 0.1) is 17.5 Å². The zero-order valence-electron chi connectivity index (χ0n) is 12.0. The number of hydrogen-bond acceptors (Lipinski definition) is 2. The van der Waals surface area contributed by atoms with Gasteiger partial charge in [-0.15, -0.1) is 0 Å². The lowest BCUT2D eigenvalue weighted by molar-refractivity contribution is 0.442. The van der Waals surface area contributed by atoms with Gasteiger partial charge in [0, 0.05) is 18.3 Å². The van der Waals surface area contributed by atoms with E-state index in [1.165, 1.54) is 0 Å². The number of aryl methyl sites for hydroxylation is 1. The fourth-order valence-electron chi connectivity index (χ4n) is 2.25. The second kappa shape index (κ2) is 6.76. The Bertz CT molecular complexity index is 587. The number of rotatable bonds is 6. The van der Waals surface area contributed by atoms with Crippen LogP contribution in [0.4, 0.5) is 13.2 Å². The number of benzene rings is 1. The molecule has 0 bridgehead atoms. The molecule has 3 nitrogen and oxygen atoms in total. The van der Waals surface area contributed by atoms with Gasteiger partial charge in [-0.05, 0) is 30.7 Å². The predicted octanol–water partition coefficient (Wildman–Crippen LogP) is 3.41. The average molecular weight is 297 g/mol. The van der Waals surface area contributed by atoms with Crippen LogP contribution in [0.15, 0.2) is 24.5 Å². The fraction of sp³-hybridized carbons (Fsp3) is 0.400. The smallest absolute Gasteiger partial charge is 0.194 e. The lowest BCUT2D eigenvalue weighted by Crippen LogP contribution is -2.22. The molecule has 0 aliphatic heterocycles. The first-order valence-corrected chi connectivity index (χ1v) is 6.97. The maximum atomic E-state index is 13.4. The Hall–Kier alpha value is -1.82. The van der Waals surface area contributed by atoms with E-state index >= 15 is 0 Å². The summed E-state index contributed by atoms with van der Waals surface area (Å²) >= 11 is 0. The molecule has 2 rings (SSSR count). The Morgan fingerprint density at radius 3 is 2.38 bits per heavy atom. The molecule has 1 aromatic heterocycles. The van der Waals surface area contributed by atoms with Crippen LogP contribution >= 0.6 is 0 Å². The Kier molecular flexibility index (Phi) is 5.01. The summed E-state index contributed by atoms with van der Waals surface area (Å²) in [7, 11) is 0. The summed E-state index contributed by atoms with van der Waals surface area (Å²) in [6.45, 7) is 5.29. The van der Waals surface area contributed by atoms with Crippen LogP contribution in [-0.2, 0) is 6.54 Å². The maximum Gasteiger partial charge on any atom is 0.194 e. The van der Waals surface area contributed by atoms with Crippen molar-refractivity contribution in [2.75, 3.05) is 6.54 Å². The highest BCUT2D eigenvalue weighted by molar-refractivity contribution is 5.30. The molecule has 6 heteroatoms. The zero-order valence-corrected chi connectivity index (χ0v) is 12.0. The normalized spacial score (nSPS) is 12.6. The van der Waals surface area contributed by atoms with E-state index in [0.717, 1.165) is 30.7 Å². The van der Waals surface area contributed by atoms with Gasteiger partial charge in [0.15, 0.2) is 17.5 Å². The number of halogens is 3. The van der Waals surface area contributed by atoms with E-state index in [1.54, 1.807) is 10.9 Å². The summed E-state index contributed by atoms with van der Waals surface area (Å²) in [4.78, 5) is 0. The van der Waals surface area contributed by atoms with Crippen LogP contribution in [0.25, 0.3) is 0 Å². The van der Waals surface area contributed by atoms with Gasteiger partial charge in [0.05, 0.1) is 12.2 Å². The van der Waals surface area contributed by atoms with E-state index in [0.29, 0.717) is 12.1 Å². The van der Waals surface area contributed by atoms with Crippen molar-refractivity contribution in [3.8, 4) is 0 Å². The van der Waals surface area contributed by atoms with E-state index in [1.807, 2.05) is 20.0 Å². The standard InChI is InChI=1S/C15H18F3N3/c1-3-5-21-9-11(8-20-21)15(19-4-2)10-6-12(16)14(18)13(17)7-10/h6-9,15,19H,3-5H2,1-2H3. The lowest BCUT2D eigenvalue weighted by Gasteiger charge is -2.17. The molecule has 114 valence electrons. The Labute approximate surface area is 121 Å². The van der Waals surface area contributed by atoms with Gasteiger partial charge >= 0.3 is 0 Å². The molecule has 0 saturated carbocycles. The summed E-state index contributed by atoms with van der Waals surface area (Å²) in [6, 6.07) is 1.61. The minimum absolute atomic E-state index is 0.337.